The zero-order chi connectivity index (χ0) is 12.3. The third-order valence-electron chi connectivity index (χ3n) is 0.183. The molecule has 0 spiro atoms. The monoisotopic (exact) mass is 391 g/mol. The van der Waals surface area contributed by atoms with Crippen molar-refractivity contribution in [2.75, 3.05) is 0 Å². The van der Waals surface area contributed by atoms with Gasteiger partial charge >= 0.3 is 11.9 Å². The fourth-order valence-electron chi connectivity index (χ4n) is 0. The smallest absolute Gasteiger partial charge is 0.414 e. The van der Waals surface area contributed by atoms with Crippen LogP contribution < -0.4 is 0 Å². The fourth-order valence-corrected chi connectivity index (χ4v) is 0. The Morgan fingerprint density at radius 1 is 1.00 bits per heavy atom. The molecule has 0 saturated heterocycles. The molecule has 0 rings (SSSR count). The molecule has 0 saturated carbocycles. The Labute approximate surface area is 128 Å². The summed E-state index contributed by atoms with van der Waals surface area (Å²) in [5.41, 5.74) is 0. The van der Waals surface area contributed by atoms with Crippen LogP contribution >= 0.6 is 0 Å². The summed E-state index contributed by atoms with van der Waals surface area (Å²) in [7, 11) is 0. The summed E-state index contributed by atoms with van der Waals surface area (Å²) in [6.07, 6.45) is 0. The second-order valence-corrected chi connectivity index (χ2v) is 1.35. The van der Waals surface area contributed by atoms with Gasteiger partial charge in [-0.1, -0.05) is 0 Å². The van der Waals surface area contributed by atoms with Crippen LogP contribution in [0, 0.1) is 15.3 Å². The minimum Gasteiger partial charge on any atom is -0.481 e. The first-order chi connectivity index (χ1) is 6.11. The molecule has 0 unspecified atom stereocenters. The number of carbonyl (C=O) groups is 3. The zero-order valence-corrected chi connectivity index (χ0v) is 13.2. The van der Waals surface area contributed by atoms with Gasteiger partial charge in [0.2, 0.25) is 0 Å². The van der Waals surface area contributed by atoms with Crippen molar-refractivity contribution in [3.8, 4) is 0 Å². The number of hydrogen-bond acceptors (Lipinski definition) is 6. The summed E-state index contributed by atoms with van der Waals surface area (Å²) in [6.45, 7) is 1.08. The van der Waals surface area contributed by atoms with E-state index in [1.165, 1.54) is 0 Å². The van der Waals surface area contributed by atoms with Crippen LogP contribution in [0.25, 0.3) is 0 Å². The van der Waals surface area contributed by atoms with Crippen LogP contribution in [0.5, 0.6) is 0 Å². The molecule has 101 valence electrons. The van der Waals surface area contributed by atoms with Gasteiger partial charge in [-0.05, 0) is 0 Å². The van der Waals surface area contributed by atoms with Crippen molar-refractivity contribution in [3.05, 3.63) is 15.3 Å². The van der Waals surface area contributed by atoms with Crippen molar-refractivity contribution in [1.29, 1.82) is 0 Å². The van der Waals surface area contributed by atoms with E-state index in [9.17, 15) is 0 Å². The van der Waals surface area contributed by atoms with Crippen LogP contribution in [0.4, 0.5) is 0 Å². The Hall–Kier alpha value is -0.741. The zero-order valence-electron chi connectivity index (χ0n) is 8.13. The van der Waals surface area contributed by atoms with Crippen LogP contribution in [0.3, 0.4) is 0 Å². The van der Waals surface area contributed by atoms with E-state index >= 15 is 0 Å². The molecule has 3 N–H and O–H groups in total. The minimum absolute atomic E-state index is 0. The number of carboxylic acid groups (broad SMARTS) is 3. The van der Waals surface area contributed by atoms with Crippen molar-refractivity contribution < 1.29 is 88.1 Å². The second-order valence-electron chi connectivity index (χ2n) is 1.35. The molecule has 0 aromatic carbocycles. The molecule has 0 aromatic rings. The number of hydrogen-bond donors (Lipinski definition) is 3. The predicted octanol–water partition coefficient (Wildman–Crippen LogP) is -1.00. The molecule has 17 heavy (non-hydrogen) atoms. The molecule has 10 nitrogen and oxygen atoms in total. The Balaban J connectivity index is -0.0000000252. The molecule has 0 fully saturated rings. The van der Waals surface area contributed by atoms with Crippen LogP contribution in [0.15, 0.2) is 0 Å². The van der Waals surface area contributed by atoms with Crippen LogP contribution in [-0.2, 0) is 67.7 Å². The van der Waals surface area contributed by atoms with Gasteiger partial charge in [-0.15, -0.1) is 0 Å². The van der Waals surface area contributed by atoms with Crippen molar-refractivity contribution in [2.45, 2.75) is 6.92 Å². The first-order valence-corrected chi connectivity index (χ1v) is 2.58. The van der Waals surface area contributed by atoms with Gasteiger partial charge in [-0.2, -0.15) is 0 Å². The van der Waals surface area contributed by atoms with Gasteiger partial charge in [0.1, 0.15) is 0 Å². The summed E-state index contributed by atoms with van der Waals surface area (Å²) >= 11 is 0. The fraction of sp³-hybridized carbons (Fsp3) is 0.250. The van der Waals surface area contributed by atoms with Gasteiger partial charge in [0.05, 0.1) is 5.09 Å². The van der Waals surface area contributed by atoms with E-state index in [-0.39, 0.29) is 53.3 Å². The molecule has 0 aromatic heterocycles. The number of aliphatic carboxylic acids is 3. The van der Waals surface area contributed by atoms with Gasteiger partial charge in [-0.3, -0.25) is 4.79 Å². The first-order valence-electron chi connectivity index (χ1n) is 2.58. The van der Waals surface area contributed by atoms with Crippen molar-refractivity contribution in [2.24, 2.45) is 0 Å². The quantitative estimate of drug-likeness (QED) is 0.202. The number of carboxylic acids is 3. The second kappa shape index (κ2) is 24.5. The van der Waals surface area contributed by atoms with Gasteiger partial charge < -0.3 is 30.6 Å². The standard InChI is InChI=1S/C2H2O4.C2H4O2.Co.Fe.NO3.Zn/c3-1(4)2(5)6;1-2(3)4;;;2-1(3)4;/h(H,3,4)(H,5,6);1H3,(H,3,4);;;;/q;;;;-1;. The maximum atomic E-state index is 9.10. The largest absolute Gasteiger partial charge is 0.481 e. The van der Waals surface area contributed by atoms with Crippen LogP contribution in [0.2, 0.25) is 0 Å². The van der Waals surface area contributed by atoms with E-state index in [2.05, 4.69) is 0 Å². The molecule has 0 atom stereocenters. The molecule has 0 heterocycles. The van der Waals surface area contributed by atoms with E-state index in [4.69, 9.17) is 45.0 Å². The molecular weight excluding hydrogens is 386 g/mol. The summed E-state index contributed by atoms with van der Waals surface area (Å²) in [5, 5.41) is 36.9. The minimum atomic E-state index is -1.82. The van der Waals surface area contributed by atoms with E-state index in [1.54, 1.807) is 0 Å². The average Bonchev–Trinajstić information content (AvgIpc) is 1.83. The number of rotatable bonds is 0. The Bertz CT molecular complexity index is 205. The molecule has 0 aliphatic heterocycles. The normalized spacial score (nSPS) is 5.47. The first kappa shape index (κ1) is 36.0. The molecule has 1 radical (unpaired) electrons. The molecular formula is C4H6CoFeNO9Zn-. The van der Waals surface area contributed by atoms with Crippen LogP contribution in [0.1, 0.15) is 6.92 Å². The van der Waals surface area contributed by atoms with E-state index in [1.807, 2.05) is 0 Å². The molecule has 0 bridgehead atoms. The molecule has 0 aliphatic carbocycles. The summed E-state index contributed by atoms with van der Waals surface area (Å²) < 4.78 is 0. The van der Waals surface area contributed by atoms with Gasteiger partial charge in [0, 0.05) is 60.2 Å². The van der Waals surface area contributed by atoms with Crippen molar-refractivity contribution >= 4 is 17.9 Å². The van der Waals surface area contributed by atoms with Gasteiger partial charge in [0.25, 0.3) is 5.97 Å². The summed E-state index contributed by atoms with van der Waals surface area (Å²) in [6, 6.07) is 0. The van der Waals surface area contributed by atoms with E-state index < -0.39 is 23.0 Å². The van der Waals surface area contributed by atoms with E-state index in [0.29, 0.717) is 0 Å². The maximum absolute atomic E-state index is 9.10. The Kier molecular flexibility index (Phi) is 51.8. The molecule has 13 heteroatoms. The topological polar surface area (TPSA) is 178 Å². The average molecular weight is 392 g/mol. The number of nitrogens with zero attached hydrogens (tertiary/aromatic N) is 1. The van der Waals surface area contributed by atoms with Gasteiger partial charge in [-0.25, -0.2) is 9.59 Å². The third-order valence-corrected chi connectivity index (χ3v) is 0.183. The predicted molar refractivity (Wildman–Crippen MR) is 38.9 cm³/mol. The van der Waals surface area contributed by atoms with Crippen LogP contribution in [-0.4, -0.2) is 38.3 Å². The Morgan fingerprint density at radius 2 is 1.06 bits per heavy atom. The third kappa shape index (κ3) is 253. The van der Waals surface area contributed by atoms with Crippen molar-refractivity contribution in [3.63, 3.8) is 0 Å². The Morgan fingerprint density at radius 3 is 1.06 bits per heavy atom. The summed E-state index contributed by atoms with van der Waals surface area (Å²) in [5.74, 6) is -4.48. The summed E-state index contributed by atoms with van der Waals surface area (Å²) in [4.78, 5) is 35.4. The van der Waals surface area contributed by atoms with Gasteiger partial charge in [0.15, 0.2) is 0 Å². The van der Waals surface area contributed by atoms with E-state index in [0.717, 1.165) is 6.92 Å². The molecule has 0 aliphatic rings. The van der Waals surface area contributed by atoms with Crippen molar-refractivity contribution in [1.82, 2.24) is 0 Å². The maximum Gasteiger partial charge on any atom is 0.414 e. The molecule has 0 amide bonds. The SMILES string of the molecule is CC(=O)O.O=C(O)C(=O)O.O=[N+]([O-])[O-].[Co].[Fe].[Zn].